The topological polar surface area (TPSA) is 91.0 Å². The first-order valence-corrected chi connectivity index (χ1v) is 13.3. The number of aryl methyl sites for hydroxylation is 1. The van der Waals surface area contributed by atoms with E-state index in [-0.39, 0.29) is 11.0 Å². The van der Waals surface area contributed by atoms with Crippen molar-refractivity contribution in [3.63, 3.8) is 0 Å². The quantitative estimate of drug-likeness (QED) is 0.447. The smallest absolute Gasteiger partial charge is 0.413 e. The highest BCUT2D eigenvalue weighted by atomic mass is 35.5. The van der Waals surface area contributed by atoms with Gasteiger partial charge in [-0.1, -0.05) is 23.7 Å². The molecule has 2 aromatic heterocycles. The number of alkyl halides is 3. The van der Waals surface area contributed by atoms with Crippen molar-refractivity contribution in [2.75, 3.05) is 18.5 Å². The monoisotopic (exact) mass is 561 g/mol. The van der Waals surface area contributed by atoms with Gasteiger partial charge in [0.2, 0.25) is 5.91 Å². The first-order chi connectivity index (χ1) is 18.5. The van der Waals surface area contributed by atoms with E-state index < -0.39 is 35.9 Å². The minimum atomic E-state index is -4.66. The second kappa shape index (κ2) is 9.11. The summed E-state index contributed by atoms with van der Waals surface area (Å²) in [6.07, 6.45) is 0.536. The molecular weight excluding hydrogens is 535 g/mol. The summed E-state index contributed by atoms with van der Waals surface area (Å²) in [6, 6.07) is 5.72. The largest absolute Gasteiger partial charge is 0.481 e. The summed E-state index contributed by atoms with van der Waals surface area (Å²) in [6.45, 7) is 0.668. The van der Waals surface area contributed by atoms with Crippen LogP contribution >= 0.6 is 11.6 Å². The van der Waals surface area contributed by atoms with E-state index in [9.17, 15) is 22.8 Å². The number of carbonyl (C=O) groups is 2. The van der Waals surface area contributed by atoms with Crippen LogP contribution in [0.15, 0.2) is 36.5 Å². The predicted octanol–water partition coefficient (Wildman–Crippen LogP) is 5.42. The number of carboxylic acid groups (broad SMARTS) is 1. The number of benzene rings is 1. The Hall–Kier alpha value is -3.34. The average Bonchev–Trinajstić information content (AvgIpc) is 3.22. The van der Waals surface area contributed by atoms with Gasteiger partial charge in [-0.3, -0.25) is 9.59 Å². The number of carbonyl (C=O) groups excluding carboxylic acids is 1. The highest BCUT2D eigenvalue weighted by Gasteiger charge is 2.58. The Morgan fingerprint density at radius 1 is 1.15 bits per heavy atom. The summed E-state index contributed by atoms with van der Waals surface area (Å²) in [4.78, 5) is 31.4. The first-order valence-electron chi connectivity index (χ1n) is 12.9. The molecule has 6 rings (SSSR count). The summed E-state index contributed by atoms with van der Waals surface area (Å²) in [5.41, 5.74) is 2.88. The summed E-state index contributed by atoms with van der Waals surface area (Å²) in [7, 11) is 1.20. The number of rotatable bonds is 5. The highest BCUT2D eigenvalue weighted by Crippen LogP contribution is 2.61. The van der Waals surface area contributed by atoms with E-state index in [1.807, 2.05) is 4.90 Å². The fraction of sp³-hybridized carbons (Fsp3) is 0.481. The SMILES string of the molecule is CN(C(=O)C1CC2(CC(C(=O)O)C2)C1)[C@@H](c1ccc(N2CCCc3c2cnc2cc(Cl)nn32)cc1)C(F)(F)F. The van der Waals surface area contributed by atoms with E-state index in [1.54, 1.807) is 28.9 Å². The van der Waals surface area contributed by atoms with Crippen molar-refractivity contribution < 1.29 is 27.9 Å². The standard InChI is InChI=1S/C27H27ClF3N5O3/c1-34(24(37)16-10-26(11-16)12-17(13-26)25(38)39)23(27(29,30)31)15-4-6-18(7-5-15)35-8-2-3-19-20(35)14-32-22-9-21(28)33-36(19)22/h4-7,9,14,16-17,23H,2-3,8,10-13H2,1H3,(H,38,39)/t16?,17?,23-,26?/m0/s1. The number of halogens is 4. The van der Waals surface area contributed by atoms with Crippen molar-refractivity contribution in [1.82, 2.24) is 19.5 Å². The van der Waals surface area contributed by atoms with Crippen molar-refractivity contribution >= 4 is 40.5 Å². The molecule has 0 radical (unpaired) electrons. The molecular formula is C27H27ClF3N5O3. The van der Waals surface area contributed by atoms with Crippen molar-refractivity contribution in [3.8, 4) is 0 Å². The van der Waals surface area contributed by atoms with E-state index in [4.69, 9.17) is 16.7 Å². The number of hydrogen-bond acceptors (Lipinski definition) is 5. The van der Waals surface area contributed by atoms with Gasteiger partial charge in [0, 0.05) is 31.3 Å². The number of aliphatic carboxylic acids is 1. The third-order valence-electron chi connectivity index (χ3n) is 8.60. The normalized spacial score (nSPS) is 25.1. The van der Waals surface area contributed by atoms with E-state index in [0.29, 0.717) is 48.7 Å². The molecule has 1 spiro atoms. The van der Waals surface area contributed by atoms with Gasteiger partial charge in [-0.05, 0) is 61.6 Å². The van der Waals surface area contributed by atoms with Crippen molar-refractivity contribution in [2.45, 2.75) is 50.7 Å². The molecule has 3 aromatic rings. The number of carboxylic acids is 1. The van der Waals surface area contributed by atoms with E-state index in [0.717, 1.165) is 29.1 Å². The van der Waals surface area contributed by atoms with E-state index in [1.165, 1.54) is 19.2 Å². The Kier molecular flexibility index (Phi) is 6.05. The molecule has 8 nitrogen and oxygen atoms in total. The molecule has 1 aromatic carbocycles. The van der Waals surface area contributed by atoms with Crippen LogP contribution in [-0.4, -0.2) is 56.2 Å². The fourth-order valence-electron chi connectivity index (χ4n) is 6.73. The first kappa shape index (κ1) is 25.9. The molecule has 0 unspecified atom stereocenters. The zero-order chi connectivity index (χ0) is 27.7. The second-order valence-electron chi connectivity index (χ2n) is 11.1. The van der Waals surface area contributed by atoms with Gasteiger partial charge in [0.1, 0.15) is 0 Å². The number of amides is 1. The minimum absolute atomic E-state index is 0.0182. The van der Waals surface area contributed by atoms with Gasteiger partial charge in [-0.15, -0.1) is 0 Å². The maximum atomic E-state index is 14.3. The van der Waals surface area contributed by atoms with Crippen LogP contribution < -0.4 is 4.90 Å². The van der Waals surface area contributed by atoms with Gasteiger partial charge in [0.05, 0.1) is 23.5 Å². The lowest BCUT2D eigenvalue weighted by atomic mass is 9.48. The van der Waals surface area contributed by atoms with Gasteiger partial charge in [-0.2, -0.15) is 18.3 Å². The fourth-order valence-corrected chi connectivity index (χ4v) is 6.91. The van der Waals surface area contributed by atoms with E-state index >= 15 is 0 Å². The number of anilines is 2. The molecule has 0 bridgehead atoms. The Balaban J connectivity index is 1.21. The Morgan fingerprint density at radius 3 is 2.46 bits per heavy atom. The lowest BCUT2D eigenvalue weighted by Gasteiger charge is -2.56. The van der Waals surface area contributed by atoms with Gasteiger partial charge in [0.25, 0.3) is 0 Å². The molecule has 206 valence electrons. The summed E-state index contributed by atoms with van der Waals surface area (Å²) in [5, 5.41) is 13.8. The zero-order valence-corrected chi connectivity index (χ0v) is 21.9. The summed E-state index contributed by atoms with van der Waals surface area (Å²) < 4.78 is 44.5. The van der Waals surface area contributed by atoms with Crippen LogP contribution in [-0.2, 0) is 16.0 Å². The van der Waals surface area contributed by atoms with E-state index in [2.05, 4.69) is 10.1 Å². The Bertz CT molecular complexity index is 1440. The highest BCUT2D eigenvalue weighted by molar-refractivity contribution is 6.29. The van der Waals surface area contributed by atoms with Crippen LogP contribution in [0.3, 0.4) is 0 Å². The van der Waals surface area contributed by atoms with Crippen LogP contribution in [0.25, 0.3) is 5.65 Å². The van der Waals surface area contributed by atoms with Crippen molar-refractivity contribution in [2.24, 2.45) is 17.3 Å². The number of nitrogens with zero attached hydrogens (tertiary/aromatic N) is 5. The number of aromatic nitrogens is 3. The van der Waals surface area contributed by atoms with Crippen LogP contribution in [0.5, 0.6) is 0 Å². The maximum Gasteiger partial charge on any atom is 0.413 e. The van der Waals surface area contributed by atoms with Crippen molar-refractivity contribution in [3.05, 3.63) is 52.9 Å². The van der Waals surface area contributed by atoms with Gasteiger partial charge < -0.3 is 14.9 Å². The molecule has 1 atom stereocenters. The van der Waals surface area contributed by atoms with Crippen LogP contribution in [0.2, 0.25) is 5.15 Å². The third kappa shape index (κ3) is 4.40. The van der Waals surface area contributed by atoms with Crippen LogP contribution in [0, 0.1) is 17.3 Å². The molecule has 2 fully saturated rings. The Labute approximate surface area is 227 Å². The lowest BCUT2D eigenvalue weighted by Crippen LogP contribution is -2.54. The second-order valence-corrected chi connectivity index (χ2v) is 11.5. The number of fused-ring (bicyclic) bond motifs is 3. The molecule has 0 saturated heterocycles. The lowest BCUT2D eigenvalue weighted by molar-refractivity contribution is -0.196. The molecule has 39 heavy (non-hydrogen) atoms. The molecule has 1 aliphatic heterocycles. The molecule has 3 heterocycles. The molecule has 1 N–H and O–H groups in total. The Morgan fingerprint density at radius 2 is 1.82 bits per heavy atom. The minimum Gasteiger partial charge on any atom is -0.481 e. The summed E-state index contributed by atoms with van der Waals surface area (Å²) in [5.74, 6) is -2.33. The van der Waals surface area contributed by atoms with Crippen LogP contribution in [0.1, 0.15) is 49.4 Å². The molecule has 3 aliphatic rings. The summed E-state index contributed by atoms with van der Waals surface area (Å²) >= 11 is 6.06. The van der Waals surface area contributed by atoms with Gasteiger partial charge in [-0.25, -0.2) is 9.50 Å². The maximum absolute atomic E-state index is 14.3. The molecule has 2 aliphatic carbocycles. The van der Waals surface area contributed by atoms with Crippen LogP contribution in [0.4, 0.5) is 24.5 Å². The van der Waals surface area contributed by atoms with Gasteiger partial charge in [0.15, 0.2) is 16.8 Å². The van der Waals surface area contributed by atoms with Gasteiger partial charge >= 0.3 is 12.1 Å². The molecule has 2 saturated carbocycles. The third-order valence-corrected chi connectivity index (χ3v) is 8.78. The predicted molar refractivity (Wildman–Crippen MR) is 137 cm³/mol. The van der Waals surface area contributed by atoms with Crippen molar-refractivity contribution in [1.29, 1.82) is 0 Å². The zero-order valence-electron chi connectivity index (χ0n) is 21.2. The number of hydrogen-bond donors (Lipinski definition) is 1. The molecule has 1 amide bonds. The average molecular weight is 562 g/mol. The molecule has 12 heteroatoms.